The van der Waals surface area contributed by atoms with Crippen LogP contribution in [0.3, 0.4) is 0 Å². The number of ketones is 1. The number of Topliss-reactive ketones (excluding diaryl/α,β-unsaturated/α-hetero) is 1. The molecule has 2 atom stereocenters. The van der Waals surface area contributed by atoms with Crippen LogP contribution in [0.2, 0.25) is 0 Å². The number of carbonyl (C=O) groups is 1. The van der Waals surface area contributed by atoms with Crippen molar-refractivity contribution in [3.8, 4) is 5.75 Å². The summed E-state index contributed by atoms with van der Waals surface area (Å²) >= 11 is 0. The van der Waals surface area contributed by atoms with Crippen molar-refractivity contribution in [3.63, 3.8) is 0 Å². The number of benzene rings is 1. The van der Waals surface area contributed by atoms with E-state index in [2.05, 4.69) is 23.1 Å². The largest absolute Gasteiger partial charge is 0.497 e. The number of likely N-dealkylation sites (tertiary alicyclic amines) is 1. The number of fused-ring (bicyclic) bond motifs is 1. The molecule has 1 aliphatic heterocycles. The van der Waals surface area contributed by atoms with Gasteiger partial charge in [0.25, 0.3) is 0 Å². The highest BCUT2D eigenvalue weighted by atomic mass is 16.5. The molecule has 1 aromatic carbocycles. The van der Waals surface area contributed by atoms with Crippen LogP contribution in [0.1, 0.15) is 44.1 Å². The topological polar surface area (TPSA) is 29.5 Å². The Balaban J connectivity index is 1.62. The van der Waals surface area contributed by atoms with Crippen molar-refractivity contribution in [1.29, 1.82) is 0 Å². The molecule has 0 amide bonds. The summed E-state index contributed by atoms with van der Waals surface area (Å²) in [4.78, 5) is 14.9. The second-order valence-corrected chi connectivity index (χ2v) is 7.79. The number of piperidine rings is 1. The summed E-state index contributed by atoms with van der Waals surface area (Å²) in [5.74, 6) is 2.91. The summed E-state index contributed by atoms with van der Waals surface area (Å²) in [5, 5.41) is 0. The van der Waals surface area contributed by atoms with Crippen molar-refractivity contribution >= 4 is 5.78 Å². The van der Waals surface area contributed by atoms with Crippen molar-refractivity contribution in [2.24, 2.45) is 11.8 Å². The number of ether oxygens (including phenoxy) is 1. The van der Waals surface area contributed by atoms with Gasteiger partial charge < -0.3 is 9.64 Å². The normalized spacial score (nSPS) is 31.7. The molecule has 0 unspecified atom stereocenters. The van der Waals surface area contributed by atoms with Gasteiger partial charge >= 0.3 is 0 Å². The Bertz CT molecular complexity index is 595. The van der Waals surface area contributed by atoms with Gasteiger partial charge in [-0.3, -0.25) is 4.79 Å². The van der Waals surface area contributed by atoms with Gasteiger partial charge in [0, 0.05) is 31.3 Å². The lowest BCUT2D eigenvalue weighted by molar-refractivity contribution is -0.125. The minimum Gasteiger partial charge on any atom is -0.497 e. The van der Waals surface area contributed by atoms with Crippen molar-refractivity contribution in [3.05, 3.63) is 29.8 Å². The van der Waals surface area contributed by atoms with Crippen LogP contribution in [0.5, 0.6) is 5.75 Å². The van der Waals surface area contributed by atoms with Gasteiger partial charge in [0.15, 0.2) is 0 Å². The standard InChI is InChI=1S/C20H27NO2/c1-23-19-4-2-3-16(11-19)20-9-10-21(13-15-5-6-15)14-17(20)7-8-18(22)12-20/h2-4,11,15,17H,5-10,12-14H2,1H3/t17-,20-/m1/s1. The first-order chi connectivity index (χ1) is 11.2. The number of methoxy groups -OCH3 is 1. The van der Waals surface area contributed by atoms with Gasteiger partial charge in [-0.25, -0.2) is 0 Å². The molecule has 0 spiro atoms. The summed E-state index contributed by atoms with van der Waals surface area (Å²) < 4.78 is 5.44. The molecule has 23 heavy (non-hydrogen) atoms. The molecule has 3 heteroatoms. The summed E-state index contributed by atoms with van der Waals surface area (Å²) in [6, 6.07) is 8.46. The fourth-order valence-electron chi connectivity index (χ4n) is 4.76. The van der Waals surface area contributed by atoms with Crippen LogP contribution >= 0.6 is 0 Å². The highest BCUT2D eigenvalue weighted by Crippen LogP contribution is 2.49. The zero-order valence-corrected chi connectivity index (χ0v) is 14.1. The lowest BCUT2D eigenvalue weighted by Crippen LogP contribution is -2.53. The molecule has 0 aromatic heterocycles. The second-order valence-electron chi connectivity index (χ2n) is 7.79. The molecule has 0 N–H and O–H groups in total. The van der Waals surface area contributed by atoms with E-state index in [-0.39, 0.29) is 5.41 Å². The molecule has 4 rings (SSSR count). The number of carbonyl (C=O) groups excluding carboxylic acids is 1. The molecule has 1 aromatic rings. The number of hydrogen-bond donors (Lipinski definition) is 0. The van der Waals surface area contributed by atoms with Gasteiger partial charge in [-0.15, -0.1) is 0 Å². The Morgan fingerprint density at radius 3 is 2.96 bits per heavy atom. The fraction of sp³-hybridized carbons (Fsp3) is 0.650. The van der Waals surface area contributed by atoms with Crippen molar-refractivity contribution < 1.29 is 9.53 Å². The van der Waals surface area contributed by atoms with Gasteiger partial charge in [-0.2, -0.15) is 0 Å². The molecule has 3 aliphatic rings. The minimum atomic E-state index is 0.0456. The Kier molecular flexibility index (Phi) is 3.92. The molecule has 2 saturated carbocycles. The highest BCUT2D eigenvalue weighted by Gasteiger charge is 2.48. The van der Waals surface area contributed by atoms with Gasteiger partial charge in [0.05, 0.1) is 7.11 Å². The first kappa shape index (κ1) is 15.2. The second kappa shape index (κ2) is 5.94. The third-order valence-electron chi connectivity index (χ3n) is 6.28. The van der Waals surface area contributed by atoms with Gasteiger partial charge in [0.2, 0.25) is 0 Å². The van der Waals surface area contributed by atoms with Crippen LogP contribution < -0.4 is 4.74 Å². The van der Waals surface area contributed by atoms with Crippen LogP contribution in [0.4, 0.5) is 0 Å². The number of rotatable bonds is 4. The van der Waals surface area contributed by atoms with E-state index < -0.39 is 0 Å². The number of nitrogens with zero attached hydrogens (tertiary/aromatic N) is 1. The van der Waals surface area contributed by atoms with E-state index in [4.69, 9.17) is 4.74 Å². The van der Waals surface area contributed by atoms with E-state index in [1.54, 1.807) is 7.11 Å². The molecule has 2 aliphatic carbocycles. The molecule has 0 radical (unpaired) electrons. The van der Waals surface area contributed by atoms with Crippen LogP contribution in [-0.4, -0.2) is 37.4 Å². The average molecular weight is 313 g/mol. The number of hydrogen-bond acceptors (Lipinski definition) is 3. The Morgan fingerprint density at radius 1 is 1.30 bits per heavy atom. The predicted molar refractivity (Wildman–Crippen MR) is 90.8 cm³/mol. The van der Waals surface area contributed by atoms with Crippen LogP contribution in [0.25, 0.3) is 0 Å². The first-order valence-corrected chi connectivity index (χ1v) is 9.08. The van der Waals surface area contributed by atoms with E-state index in [0.29, 0.717) is 11.7 Å². The quantitative estimate of drug-likeness (QED) is 0.853. The Hall–Kier alpha value is -1.35. The van der Waals surface area contributed by atoms with E-state index in [0.717, 1.165) is 43.9 Å². The van der Waals surface area contributed by atoms with Gasteiger partial charge in [0.1, 0.15) is 11.5 Å². The molecule has 1 saturated heterocycles. The lowest BCUT2D eigenvalue weighted by atomic mass is 9.59. The van der Waals surface area contributed by atoms with E-state index in [1.807, 2.05) is 6.07 Å². The molecule has 3 fully saturated rings. The molecule has 3 nitrogen and oxygen atoms in total. The summed E-state index contributed by atoms with van der Waals surface area (Å²) in [6.45, 7) is 3.58. The summed E-state index contributed by atoms with van der Waals surface area (Å²) in [7, 11) is 1.72. The fourth-order valence-corrected chi connectivity index (χ4v) is 4.76. The average Bonchev–Trinajstić information content (AvgIpc) is 3.39. The molecular formula is C20H27NO2. The van der Waals surface area contributed by atoms with Crippen molar-refractivity contribution in [2.75, 3.05) is 26.7 Å². The molecule has 124 valence electrons. The Morgan fingerprint density at radius 2 is 2.17 bits per heavy atom. The van der Waals surface area contributed by atoms with Gasteiger partial charge in [-0.1, -0.05) is 12.1 Å². The highest BCUT2D eigenvalue weighted by molar-refractivity contribution is 5.81. The minimum absolute atomic E-state index is 0.0456. The lowest BCUT2D eigenvalue weighted by Gasteiger charge is -2.50. The molecule has 1 heterocycles. The maximum absolute atomic E-state index is 12.3. The van der Waals surface area contributed by atoms with Crippen molar-refractivity contribution in [2.45, 2.75) is 43.9 Å². The smallest absolute Gasteiger partial charge is 0.133 e. The SMILES string of the molecule is COc1cccc([C@]23CCN(CC4CC4)C[C@H]2CCC(=O)C3)c1. The third kappa shape index (κ3) is 2.91. The van der Waals surface area contributed by atoms with Crippen molar-refractivity contribution in [1.82, 2.24) is 4.90 Å². The third-order valence-corrected chi connectivity index (χ3v) is 6.28. The predicted octanol–water partition coefficient (Wildman–Crippen LogP) is 3.42. The maximum atomic E-state index is 12.3. The molecular weight excluding hydrogens is 286 g/mol. The monoisotopic (exact) mass is 313 g/mol. The summed E-state index contributed by atoms with van der Waals surface area (Å²) in [5.41, 5.74) is 1.37. The zero-order valence-electron chi connectivity index (χ0n) is 14.1. The van der Waals surface area contributed by atoms with E-state index in [1.165, 1.54) is 31.5 Å². The van der Waals surface area contributed by atoms with Crippen LogP contribution in [-0.2, 0) is 10.2 Å². The summed E-state index contributed by atoms with van der Waals surface area (Å²) in [6.07, 6.45) is 6.50. The maximum Gasteiger partial charge on any atom is 0.133 e. The Labute approximate surface area is 139 Å². The molecule has 0 bridgehead atoms. The van der Waals surface area contributed by atoms with E-state index >= 15 is 0 Å². The van der Waals surface area contributed by atoms with Gasteiger partial charge in [-0.05, 0) is 61.8 Å². The van der Waals surface area contributed by atoms with E-state index in [9.17, 15) is 4.79 Å². The first-order valence-electron chi connectivity index (χ1n) is 9.08. The van der Waals surface area contributed by atoms with Crippen LogP contribution in [0, 0.1) is 11.8 Å². The zero-order chi connectivity index (χ0) is 15.9. The van der Waals surface area contributed by atoms with Crippen LogP contribution in [0.15, 0.2) is 24.3 Å².